The molecule has 0 radical (unpaired) electrons. The molecule has 1 unspecified atom stereocenters. The first-order chi connectivity index (χ1) is 5.70. The Morgan fingerprint density at radius 3 is 2.75 bits per heavy atom. The van der Waals surface area contributed by atoms with E-state index in [0.29, 0.717) is 11.0 Å². The van der Waals surface area contributed by atoms with Crippen LogP contribution in [0.2, 0.25) is 0 Å². The quantitative estimate of drug-likeness (QED) is 0.703. The van der Waals surface area contributed by atoms with Crippen LogP contribution in [0.15, 0.2) is 0 Å². The second-order valence-corrected chi connectivity index (χ2v) is 5.95. The van der Waals surface area contributed by atoms with E-state index in [2.05, 4.69) is 0 Å². The summed E-state index contributed by atoms with van der Waals surface area (Å²) in [7, 11) is 0. The highest BCUT2D eigenvalue weighted by Gasteiger charge is 2.19. The molecule has 12 heavy (non-hydrogen) atoms. The molecule has 0 aromatic heterocycles. The van der Waals surface area contributed by atoms with Crippen molar-refractivity contribution in [1.82, 2.24) is 0 Å². The highest BCUT2D eigenvalue weighted by molar-refractivity contribution is 8.06. The molecule has 0 spiro atoms. The van der Waals surface area contributed by atoms with Crippen molar-refractivity contribution < 1.29 is 4.79 Å². The summed E-state index contributed by atoms with van der Waals surface area (Å²) in [5, 5.41) is 0.596. The van der Waals surface area contributed by atoms with E-state index in [1.165, 1.54) is 17.3 Å². The number of hydrogen-bond donors (Lipinski definition) is 0. The maximum Gasteiger partial charge on any atom is 0.136 e. The molecule has 1 heterocycles. The van der Waals surface area contributed by atoms with Gasteiger partial charge < -0.3 is 0 Å². The molecule has 0 aromatic carbocycles. The van der Waals surface area contributed by atoms with Gasteiger partial charge in [-0.05, 0) is 0 Å². The fraction of sp³-hybridized carbons (Fsp3) is 0.889. The lowest BCUT2D eigenvalue weighted by atomic mass is 10.1. The van der Waals surface area contributed by atoms with Crippen molar-refractivity contribution in [2.24, 2.45) is 5.92 Å². The maximum atomic E-state index is 11.4. The SMILES string of the molecule is CC(C)C(=O)CC1CSCCS1. The number of rotatable bonds is 3. The molecule has 0 amide bonds. The molecule has 70 valence electrons. The Morgan fingerprint density at radius 2 is 2.25 bits per heavy atom. The molecule has 0 bridgehead atoms. The lowest BCUT2D eigenvalue weighted by molar-refractivity contribution is -0.121. The van der Waals surface area contributed by atoms with Crippen molar-refractivity contribution in [3.8, 4) is 0 Å². The van der Waals surface area contributed by atoms with Crippen LogP contribution in [-0.4, -0.2) is 28.3 Å². The smallest absolute Gasteiger partial charge is 0.136 e. The van der Waals surface area contributed by atoms with Crippen LogP contribution in [0.3, 0.4) is 0 Å². The van der Waals surface area contributed by atoms with Crippen LogP contribution in [0.25, 0.3) is 0 Å². The van der Waals surface area contributed by atoms with Crippen molar-refractivity contribution in [2.45, 2.75) is 25.5 Å². The third kappa shape index (κ3) is 3.40. The second-order valence-electron chi connectivity index (χ2n) is 3.39. The van der Waals surface area contributed by atoms with Gasteiger partial charge in [0.15, 0.2) is 0 Å². The van der Waals surface area contributed by atoms with Gasteiger partial charge in [-0.15, -0.1) is 0 Å². The van der Waals surface area contributed by atoms with E-state index in [1.807, 2.05) is 37.4 Å². The number of carbonyl (C=O) groups excluding carboxylic acids is 1. The van der Waals surface area contributed by atoms with Crippen molar-refractivity contribution in [2.75, 3.05) is 17.3 Å². The first-order valence-electron chi connectivity index (χ1n) is 4.42. The molecule has 1 nitrogen and oxygen atoms in total. The van der Waals surface area contributed by atoms with Gasteiger partial charge in [0.05, 0.1) is 0 Å². The van der Waals surface area contributed by atoms with Gasteiger partial charge in [0, 0.05) is 34.8 Å². The average molecular weight is 204 g/mol. The summed E-state index contributed by atoms with van der Waals surface area (Å²) in [5.74, 6) is 4.30. The van der Waals surface area contributed by atoms with E-state index in [4.69, 9.17) is 0 Å². The molecule has 1 saturated heterocycles. The van der Waals surface area contributed by atoms with Gasteiger partial charge in [0.1, 0.15) is 5.78 Å². The van der Waals surface area contributed by atoms with Gasteiger partial charge in [-0.2, -0.15) is 23.5 Å². The minimum absolute atomic E-state index is 0.220. The van der Waals surface area contributed by atoms with Crippen molar-refractivity contribution in [3.05, 3.63) is 0 Å². The predicted octanol–water partition coefficient (Wildman–Crippen LogP) is 2.45. The Labute approximate surface area is 83.1 Å². The Hall–Kier alpha value is 0.370. The third-order valence-corrected chi connectivity index (χ3v) is 4.80. The standard InChI is InChI=1S/C9H16OS2/c1-7(2)9(10)5-8-6-11-3-4-12-8/h7-8H,3-6H2,1-2H3. The van der Waals surface area contributed by atoms with Crippen LogP contribution in [0.1, 0.15) is 20.3 Å². The minimum atomic E-state index is 0.220. The number of hydrogen-bond acceptors (Lipinski definition) is 3. The molecule has 0 aliphatic carbocycles. The molecule has 1 aliphatic heterocycles. The topological polar surface area (TPSA) is 17.1 Å². The van der Waals surface area contributed by atoms with Gasteiger partial charge in [-0.25, -0.2) is 0 Å². The Morgan fingerprint density at radius 1 is 1.50 bits per heavy atom. The van der Waals surface area contributed by atoms with Crippen molar-refractivity contribution in [1.29, 1.82) is 0 Å². The van der Waals surface area contributed by atoms with E-state index in [9.17, 15) is 4.79 Å². The summed E-state index contributed by atoms with van der Waals surface area (Å²) in [6.07, 6.45) is 0.787. The summed E-state index contributed by atoms with van der Waals surface area (Å²) >= 11 is 3.95. The predicted molar refractivity (Wildman–Crippen MR) is 58.0 cm³/mol. The second kappa shape index (κ2) is 5.18. The third-order valence-electron chi connectivity index (χ3n) is 1.96. The number of ketones is 1. The summed E-state index contributed by atoms with van der Waals surface area (Å²) in [5.41, 5.74) is 0. The number of Topliss-reactive ketones (excluding diaryl/α,β-unsaturated/α-hetero) is 1. The van der Waals surface area contributed by atoms with Crippen LogP contribution >= 0.6 is 23.5 Å². The average Bonchev–Trinajstić information content (AvgIpc) is 2.06. The lowest BCUT2D eigenvalue weighted by Crippen LogP contribution is -2.20. The fourth-order valence-corrected chi connectivity index (χ4v) is 3.81. The first kappa shape index (κ1) is 10.5. The van der Waals surface area contributed by atoms with Gasteiger partial charge >= 0.3 is 0 Å². The number of carbonyl (C=O) groups is 1. The molecule has 0 N–H and O–H groups in total. The Bertz CT molecular complexity index is 151. The Kier molecular flexibility index (Phi) is 4.51. The lowest BCUT2D eigenvalue weighted by Gasteiger charge is -2.20. The van der Waals surface area contributed by atoms with Crippen LogP contribution in [0.4, 0.5) is 0 Å². The highest BCUT2D eigenvalue weighted by atomic mass is 32.2. The molecule has 1 atom stereocenters. The van der Waals surface area contributed by atoms with E-state index in [1.54, 1.807) is 0 Å². The van der Waals surface area contributed by atoms with E-state index in [0.717, 1.165) is 6.42 Å². The largest absolute Gasteiger partial charge is 0.299 e. The van der Waals surface area contributed by atoms with E-state index < -0.39 is 0 Å². The molecular weight excluding hydrogens is 188 g/mol. The number of thioether (sulfide) groups is 2. The molecular formula is C9H16OS2. The first-order valence-corrected chi connectivity index (χ1v) is 6.62. The van der Waals surface area contributed by atoms with Crippen LogP contribution in [-0.2, 0) is 4.79 Å². The zero-order valence-electron chi connectivity index (χ0n) is 7.71. The monoisotopic (exact) mass is 204 g/mol. The van der Waals surface area contributed by atoms with E-state index in [-0.39, 0.29) is 5.92 Å². The summed E-state index contributed by atoms with van der Waals surface area (Å²) in [6, 6.07) is 0. The zero-order chi connectivity index (χ0) is 8.97. The molecule has 0 aromatic rings. The maximum absolute atomic E-state index is 11.4. The minimum Gasteiger partial charge on any atom is -0.299 e. The van der Waals surface area contributed by atoms with Gasteiger partial charge in [-0.3, -0.25) is 4.79 Å². The summed E-state index contributed by atoms with van der Waals surface area (Å²) in [4.78, 5) is 11.4. The zero-order valence-corrected chi connectivity index (χ0v) is 9.34. The van der Waals surface area contributed by atoms with Crippen LogP contribution in [0.5, 0.6) is 0 Å². The molecule has 1 fully saturated rings. The van der Waals surface area contributed by atoms with Crippen LogP contribution in [0, 0.1) is 5.92 Å². The van der Waals surface area contributed by atoms with Crippen molar-refractivity contribution >= 4 is 29.3 Å². The van der Waals surface area contributed by atoms with E-state index >= 15 is 0 Å². The normalized spacial score (nSPS) is 24.4. The molecule has 0 saturated carbocycles. The molecule has 1 aliphatic rings. The molecule has 1 rings (SSSR count). The van der Waals surface area contributed by atoms with Gasteiger partial charge in [0.2, 0.25) is 0 Å². The van der Waals surface area contributed by atoms with Crippen LogP contribution < -0.4 is 0 Å². The Balaban J connectivity index is 2.24. The summed E-state index contributed by atoms with van der Waals surface area (Å²) in [6.45, 7) is 3.98. The highest BCUT2D eigenvalue weighted by Crippen LogP contribution is 2.27. The fourth-order valence-electron chi connectivity index (χ4n) is 1.11. The van der Waals surface area contributed by atoms with Gasteiger partial charge in [-0.1, -0.05) is 13.8 Å². The van der Waals surface area contributed by atoms with Crippen molar-refractivity contribution in [3.63, 3.8) is 0 Å². The summed E-state index contributed by atoms with van der Waals surface area (Å²) < 4.78 is 0. The molecule has 3 heteroatoms. The van der Waals surface area contributed by atoms with Gasteiger partial charge in [0.25, 0.3) is 0 Å².